The quantitative estimate of drug-likeness (QED) is 0.776. The lowest BCUT2D eigenvalue weighted by atomic mass is 10.1. The molecular formula is C21H22N2O5. The molecule has 1 fully saturated rings. The van der Waals surface area contributed by atoms with Gasteiger partial charge < -0.3 is 19.7 Å². The van der Waals surface area contributed by atoms with Gasteiger partial charge in [0.05, 0.1) is 25.7 Å². The number of hydrogen-bond acceptors (Lipinski definition) is 5. The highest BCUT2D eigenvalue weighted by Gasteiger charge is 2.34. The number of ether oxygens (including phenoxy) is 2. The van der Waals surface area contributed by atoms with Crippen LogP contribution in [0.1, 0.15) is 22.3 Å². The number of likely N-dealkylation sites (tertiary alicyclic amines) is 1. The van der Waals surface area contributed by atoms with Crippen molar-refractivity contribution in [3.05, 3.63) is 59.7 Å². The van der Waals surface area contributed by atoms with Crippen molar-refractivity contribution >= 4 is 23.5 Å². The SMILES string of the molecule is COC(=O)c1ccc(NC(=O)C2CC(=O)N(Cc3ccccc3OC)C2)cc1. The Morgan fingerprint density at radius 1 is 1.11 bits per heavy atom. The molecule has 2 aromatic carbocycles. The van der Waals surface area contributed by atoms with Gasteiger partial charge >= 0.3 is 5.97 Å². The Hall–Kier alpha value is -3.35. The van der Waals surface area contributed by atoms with Crippen molar-refractivity contribution in [2.75, 3.05) is 26.1 Å². The molecule has 1 heterocycles. The minimum atomic E-state index is -0.439. The van der Waals surface area contributed by atoms with E-state index < -0.39 is 11.9 Å². The lowest BCUT2D eigenvalue weighted by molar-refractivity contribution is -0.128. The number of anilines is 1. The summed E-state index contributed by atoms with van der Waals surface area (Å²) < 4.78 is 9.98. The van der Waals surface area contributed by atoms with E-state index in [1.54, 1.807) is 36.3 Å². The molecule has 0 spiro atoms. The van der Waals surface area contributed by atoms with Gasteiger partial charge in [0.15, 0.2) is 0 Å². The Morgan fingerprint density at radius 2 is 1.82 bits per heavy atom. The molecule has 1 saturated heterocycles. The zero-order valence-corrected chi connectivity index (χ0v) is 15.8. The number of esters is 1. The van der Waals surface area contributed by atoms with E-state index in [0.29, 0.717) is 30.1 Å². The van der Waals surface area contributed by atoms with Crippen molar-refractivity contribution < 1.29 is 23.9 Å². The molecule has 2 aromatic rings. The molecule has 1 atom stereocenters. The highest BCUT2D eigenvalue weighted by molar-refractivity contribution is 5.97. The Labute approximate surface area is 163 Å². The van der Waals surface area contributed by atoms with Crippen molar-refractivity contribution in [2.24, 2.45) is 5.92 Å². The zero-order chi connectivity index (χ0) is 20.1. The molecule has 1 aliphatic heterocycles. The van der Waals surface area contributed by atoms with Crippen molar-refractivity contribution in [1.82, 2.24) is 4.90 Å². The molecule has 2 amide bonds. The fourth-order valence-corrected chi connectivity index (χ4v) is 3.19. The summed E-state index contributed by atoms with van der Waals surface area (Å²) in [7, 11) is 2.90. The normalized spacial score (nSPS) is 16.0. The molecule has 1 N–H and O–H groups in total. The van der Waals surface area contributed by atoms with Crippen molar-refractivity contribution in [3.63, 3.8) is 0 Å². The Balaban J connectivity index is 1.61. The second kappa shape index (κ2) is 8.56. The largest absolute Gasteiger partial charge is 0.496 e. The number of para-hydroxylation sites is 1. The molecule has 0 aromatic heterocycles. The van der Waals surface area contributed by atoms with E-state index in [1.807, 2.05) is 24.3 Å². The van der Waals surface area contributed by atoms with Gasteiger partial charge in [0.1, 0.15) is 5.75 Å². The number of carbonyl (C=O) groups is 3. The summed E-state index contributed by atoms with van der Waals surface area (Å²) in [6.07, 6.45) is 0.168. The smallest absolute Gasteiger partial charge is 0.337 e. The minimum Gasteiger partial charge on any atom is -0.496 e. The monoisotopic (exact) mass is 382 g/mol. The van der Waals surface area contributed by atoms with Crippen LogP contribution in [0, 0.1) is 5.92 Å². The number of rotatable bonds is 6. The van der Waals surface area contributed by atoms with Crippen LogP contribution in [0.2, 0.25) is 0 Å². The second-order valence-electron chi connectivity index (χ2n) is 6.55. The van der Waals surface area contributed by atoms with Crippen LogP contribution in [-0.4, -0.2) is 43.4 Å². The molecule has 3 rings (SSSR count). The van der Waals surface area contributed by atoms with E-state index in [-0.39, 0.29) is 18.2 Å². The van der Waals surface area contributed by atoms with E-state index in [2.05, 4.69) is 10.1 Å². The van der Waals surface area contributed by atoms with Gasteiger partial charge in [0.2, 0.25) is 11.8 Å². The van der Waals surface area contributed by atoms with Crippen LogP contribution >= 0.6 is 0 Å². The van der Waals surface area contributed by atoms with Crippen molar-refractivity contribution in [1.29, 1.82) is 0 Å². The van der Waals surface area contributed by atoms with Gasteiger partial charge in [0.25, 0.3) is 0 Å². The number of amides is 2. The highest BCUT2D eigenvalue weighted by Crippen LogP contribution is 2.25. The number of carbonyl (C=O) groups excluding carboxylic acids is 3. The molecule has 7 heteroatoms. The minimum absolute atomic E-state index is 0.0629. The summed E-state index contributed by atoms with van der Waals surface area (Å²) in [5.41, 5.74) is 1.87. The lowest BCUT2D eigenvalue weighted by Gasteiger charge is -2.18. The average Bonchev–Trinajstić information content (AvgIpc) is 3.09. The number of hydrogen-bond donors (Lipinski definition) is 1. The summed E-state index contributed by atoms with van der Waals surface area (Å²) in [5.74, 6) is -0.434. The van der Waals surface area contributed by atoms with Gasteiger partial charge in [-0.1, -0.05) is 18.2 Å². The van der Waals surface area contributed by atoms with E-state index in [4.69, 9.17) is 4.74 Å². The second-order valence-corrected chi connectivity index (χ2v) is 6.55. The van der Waals surface area contributed by atoms with Gasteiger partial charge in [0, 0.05) is 30.8 Å². The van der Waals surface area contributed by atoms with Gasteiger partial charge in [-0.3, -0.25) is 9.59 Å². The fourth-order valence-electron chi connectivity index (χ4n) is 3.19. The summed E-state index contributed by atoms with van der Waals surface area (Å²) in [4.78, 5) is 38.0. The summed E-state index contributed by atoms with van der Waals surface area (Å²) in [5, 5.41) is 2.80. The van der Waals surface area contributed by atoms with E-state index in [0.717, 1.165) is 5.56 Å². The van der Waals surface area contributed by atoms with Gasteiger partial charge in [-0.2, -0.15) is 0 Å². The maximum absolute atomic E-state index is 12.6. The molecule has 146 valence electrons. The lowest BCUT2D eigenvalue weighted by Crippen LogP contribution is -2.28. The van der Waals surface area contributed by atoms with Crippen LogP contribution in [0.3, 0.4) is 0 Å². The Bertz CT molecular complexity index is 879. The molecule has 0 aliphatic carbocycles. The first kappa shape index (κ1) is 19.4. The molecular weight excluding hydrogens is 360 g/mol. The summed E-state index contributed by atoms with van der Waals surface area (Å²) in [6, 6.07) is 13.9. The zero-order valence-electron chi connectivity index (χ0n) is 15.8. The molecule has 28 heavy (non-hydrogen) atoms. The van der Waals surface area contributed by atoms with Crippen LogP contribution in [-0.2, 0) is 20.9 Å². The predicted molar refractivity (Wildman–Crippen MR) is 103 cm³/mol. The maximum Gasteiger partial charge on any atom is 0.337 e. The molecule has 0 radical (unpaired) electrons. The van der Waals surface area contributed by atoms with Gasteiger partial charge in [-0.05, 0) is 30.3 Å². The van der Waals surface area contributed by atoms with Gasteiger partial charge in [-0.15, -0.1) is 0 Å². The number of methoxy groups -OCH3 is 2. The van der Waals surface area contributed by atoms with Crippen LogP contribution < -0.4 is 10.1 Å². The fraction of sp³-hybridized carbons (Fsp3) is 0.286. The maximum atomic E-state index is 12.6. The third-order valence-corrected chi connectivity index (χ3v) is 4.71. The first-order valence-corrected chi connectivity index (χ1v) is 8.90. The van der Waals surface area contributed by atoms with E-state index in [9.17, 15) is 14.4 Å². The molecule has 1 aliphatic rings. The molecule has 0 saturated carbocycles. The summed E-state index contributed by atoms with van der Waals surface area (Å²) >= 11 is 0. The van der Waals surface area contributed by atoms with Crippen LogP contribution in [0.4, 0.5) is 5.69 Å². The van der Waals surface area contributed by atoms with Crippen molar-refractivity contribution in [2.45, 2.75) is 13.0 Å². The highest BCUT2D eigenvalue weighted by atomic mass is 16.5. The number of nitrogens with zero attached hydrogens (tertiary/aromatic N) is 1. The third-order valence-electron chi connectivity index (χ3n) is 4.71. The van der Waals surface area contributed by atoms with E-state index in [1.165, 1.54) is 7.11 Å². The molecule has 7 nitrogen and oxygen atoms in total. The standard InChI is InChI=1S/C21H22N2O5/c1-27-18-6-4-3-5-15(18)12-23-13-16(11-19(23)24)20(25)22-17-9-7-14(8-10-17)21(26)28-2/h3-10,16H,11-13H2,1-2H3,(H,22,25). The van der Waals surface area contributed by atoms with Gasteiger partial charge in [-0.25, -0.2) is 4.79 Å². The topological polar surface area (TPSA) is 84.9 Å². The predicted octanol–water partition coefficient (Wildman–Crippen LogP) is 2.47. The van der Waals surface area contributed by atoms with Crippen LogP contribution in [0.5, 0.6) is 5.75 Å². The average molecular weight is 382 g/mol. The molecule has 1 unspecified atom stereocenters. The summed E-state index contributed by atoms with van der Waals surface area (Å²) in [6.45, 7) is 0.753. The first-order valence-electron chi connectivity index (χ1n) is 8.90. The first-order chi connectivity index (χ1) is 13.5. The third kappa shape index (κ3) is 4.31. The Morgan fingerprint density at radius 3 is 2.50 bits per heavy atom. The van der Waals surface area contributed by atoms with Crippen LogP contribution in [0.25, 0.3) is 0 Å². The molecule has 0 bridgehead atoms. The van der Waals surface area contributed by atoms with E-state index >= 15 is 0 Å². The van der Waals surface area contributed by atoms with Crippen LogP contribution in [0.15, 0.2) is 48.5 Å². The Kier molecular flexibility index (Phi) is 5.93. The number of benzene rings is 2. The van der Waals surface area contributed by atoms with Crippen molar-refractivity contribution in [3.8, 4) is 5.75 Å². The number of nitrogens with one attached hydrogen (secondary N) is 1.